The second kappa shape index (κ2) is 7.83. The lowest BCUT2D eigenvalue weighted by molar-refractivity contribution is -0.137. The maximum absolute atomic E-state index is 12.5. The Bertz CT molecular complexity index is 485. The highest BCUT2D eigenvalue weighted by atomic mass is 35.5. The molecule has 1 saturated heterocycles. The Balaban J connectivity index is 0.00000242. The van der Waals surface area contributed by atoms with Crippen molar-refractivity contribution in [3.63, 3.8) is 0 Å². The van der Waals surface area contributed by atoms with E-state index in [-0.39, 0.29) is 30.3 Å². The van der Waals surface area contributed by atoms with E-state index in [1.165, 1.54) is 12.1 Å². The first-order valence-corrected chi connectivity index (χ1v) is 7.03. The van der Waals surface area contributed by atoms with Crippen LogP contribution < -0.4 is 10.6 Å². The first-order chi connectivity index (χ1) is 9.86. The van der Waals surface area contributed by atoms with Crippen LogP contribution in [0, 0.1) is 5.92 Å². The Morgan fingerprint density at radius 3 is 2.50 bits per heavy atom. The third kappa shape index (κ3) is 5.18. The van der Waals surface area contributed by atoms with Crippen LogP contribution in [0.2, 0.25) is 0 Å². The van der Waals surface area contributed by atoms with Crippen molar-refractivity contribution < 1.29 is 18.0 Å². The summed E-state index contributed by atoms with van der Waals surface area (Å²) in [5.74, 6) is 0.0134. The molecule has 0 aliphatic carbocycles. The van der Waals surface area contributed by atoms with Crippen molar-refractivity contribution in [2.75, 3.05) is 13.1 Å². The number of carbonyl (C=O) groups excluding carboxylic acids is 1. The van der Waals surface area contributed by atoms with E-state index in [0.29, 0.717) is 13.0 Å². The molecule has 0 bridgehead atoms. The molecule has 2 unspecified atom stereocenters. The molecule has 1 aliphatic rings. The molecule has 1 aliphatic heterocycles. The minimum absolute atomic E-state index is 0. The Morgan fingerprint density at radius 2 is 2.00 bits per heavy atom. The van der Waals surface area contributed by atoms with Gasteiger partial charge in [0.05, 0.1) is 11.5 Å². The fourth-order valence-corrected chi connectivity index (χ4v) is 2.47. The third-order valence-electron chi connectivity index (χ3n) is 3.64. The van der Waals surface area contributed by atoms with Gasteiger partial charge in [0.25, 0.3) is 0 Å². The van der Waals surface area contributed by atoms with Gasteiger partial charge in [0.1, 0.15) is 0 Å². The van der Waals surface area contributed by atoms with Crippen molar-refractivity contribution >= 4 is 18.3 Å². The molecule has 1 aromatic rings. The zero-order chi connectivity index (χ0) is 15.5. The average Bonchev–Trinajstić information content (AvgIpc) is 2.92. The van der Waals surface area contributed by atoms with E-state index in [1.54, 1.807) is 0 Å². The van der Waals surface area contributed by atoms with Crippen LogP contribution in [0.1, 0.15) is 24.5 Å². The molecule has 1 fully saturated rings. The molecule has 124 valence electrons. The summed E-state index contributed by atoms with van der Waals surface area (Å²) < 4.78 is 37.4. The number of nitrogens with one attached hydrogen (secondary N) is 2. The minimum atomic E-state index is -4.31. The van der Waals surface area contributed by atoms with Gasteiger partial charge in [-0.3, -0.25) is 4.79 Å². The largest absolute Gasteiger partial charge is 0.416 e. The highest BCUT2D eigenvalue weighted by molar-refractivity contribution is 5.85. The second-order valence-electron chi connectivity index (χ2n) is 5.50. The van der Waals surface area contributed by atoms with Gasteiger partial charge in [0.15, 0.2) is 0 Å². The molecular weight excluding hydrogens is 317 g/mol. The summed E-state index contributed by atoms with van der Waals surface area (Å²) in [4.78, 5) is 11.9. The fraction of sp³-hybridized carbons (Fsp3) is 0.533. The maximum Gasteiger partial charge on any atom is 0.416 e. The fourth-order valence-electron chi connectivity index (χ4n) is 2.47. The Hall–Kier alpha value is -1.27. The lowest BCUT2D eigenvalue weighted by atomic mass is 10.0. The van der Waals surface area contributed by atoms with E-state index in [1.807, 2.05) is 6.92 Å². The van der Waals surface area contributed by atoms with Crippen molar-refractivity contribution in [2.24, 2.45) is 5.92 Å². The van der Waals surface area contributed by atoms with Gasteiger partial charge in [-0.15, -0.1) is 12.4 Å². The Morgan fingerprint density at radius 1 is 1.36 bits per heavy atom. The van der Waals surface area contributed by atoms with Crippen LogP contribution >= 0.6 is 12.4 Å². The van der Waals surface area contributed by atoms with Gasteiger partial charge in [-0.05, 0) is 44.0 Å². The van der Waals surface area contributed by atoms with Crippen LogP contribution in [-0.2, 0) is 17.4 Å². The SMILES string of the molecule is CC(Cc1ccc(C(F)(F)F)cc1)NC(=O)C1CCNC1.Cl. The van der Waals surface area contributed by atoms with Crippen molar-refractivity contribution in [1.29, 1.82) is 0 Å². The lowest BCUT2D eigenvalue weighted by Crippen LogP contribution is -2.39. The van der Waals surface area contributed by atoms with E-state index >= 15 is 0 Å². The van der Waals surface area contributed by atoms with Crippen LogP contribution in [0.25, 0.3) is 0 Å². The van der Waals surface area contributed by atoms with Gasteiger partial charge in [-0.25, -0.2) is 0 Å². The molecule has 1 heterocycles. The molecule has 22 heavy (non-hydrogen) atoms. The molecule has 3 nitrogen and oxygen atoms in total. The smallest absolute Gasteiger partial charge is 0.353 e. The number of benzene rings is 1. The summed E-state index contributed by atoms with van der Waals surface area (Å²) in [5.41, 5.74) is 0.125. The summed E-state index contributed by atoms with van der Waals surface area (Å²) in [5, 5.41) is 6.04. The normalized spacial score (nSPS) is 19.4. The topological polar surface area (TPSA) is 41.1 Å². The molecule has 2 atom stereocenters. The lowest BCUT2D eigenvalue weighted by Gasteiger charge is -2.17. The van der Waals surface area contributed by atoms with Crippen LogP contribution in [-0.4, -0.2) is 25.0 Å². The molecule has 1 aromatic carbocycles. The summed E-state index contributed by atoms with van der Waals surface area (Å²) >= 11 is 0. The summed E-state index contributed by atoms with van der Waals surface area (Å²) in [6.07, 6.45) is -2.96. The van der Waals surface area contributed by atoms with Gasteiger partial charge in [-0.2, -0.15) is 13.2 Å². The zero-order valence-corrected chi connectivity index (χ0v) is 13.1. The van der Waals surface area contributed by atoms with Crippen LogP contribution in [0.5, 0.6) is 0 Å². The van der Waals surface area contributed by atoms with Gasteiger partial charge in [0.2, 0.25) is 5.91 Å². The van der Waals surface area contributed by atoms with E-state index in [9.17, 15) is 18.0 Å². The predicted octanol–water partition coefficient (Wildman–Crippen LogP) is 2.78. The first kappa shape index (κ1) is 18.8. The summed E-state index contributed by atoms with van der Waals surface area (Å²) in [7, 11) is 0. The number of halogens is 4. The number of carbonyl (C=O) groups is 1. The van der Waals surface area contributed by atoms with Crippen LogP contribution in [0.3, 0.4) is 0 Å². The number of amides is 1. The van der Waals surface area contributed by atoms with E-state index in [2.05, 4.69) is 10.6 Å². The highest BCUT2D eigenvalue weighted by Gasteiger charge is 2.30. The Kier molecular flexibility index (Phi) is 6.68. The molecule has 7 heteroatoms. The van der Waals surface area contributed by atoms with E-state index in [0.717, 1.165) is 30.7 Å². The number of hydrogen-bond donors (Lipinski definition) is 2. The van der Waals surface area contributed by atoms with E-state index < -0.39 is 11.7 Å². The monoisotopic (exact) mass is 336 g/mol. The van der Waals surface area contributed by atoms with Crippen LogP contribution in [0.15, 0.2) is 24.3 Å². The number of rotatable bonds is 4. The Labute approximate surface area is 134 Å². The number of alkyl halides is 3. The van der Waals surface area contributed by atoms with Crippen molar-refractivity contribution in [1.82, 2.24) is 10.6 Å². The molecule has 1 amide bonds. The molecule has 0 aromatic heterocycles. The molecule has 0 spiro atoms. The molecular formula is C15H20ClF3N2O. The van der Waals surface area contributed by atoms with Gasteiger partial charge >= 0.3 is 6.18 Å². The van der Waals surface area contributed by atoms with Gasteiger partial charge in [0, 0.05) is 12.6 Å². The van der Waals surface area contributed by atoms with E-state index in [4.69, 9.17) is 0 Å². The second-order valence-corrected chi connectivity index (χ2v) is 5.50. The predicted molar refractivity (Wildman–Crippen MR) is 81.0 cm³/mol. The minimum Gasteiger partial charge on any atom is -0.353 e. The molecule has 2 rings (SSSR count). The van der Waals surface area contributed by atoms with Crippen molar-refractivity contribution in [2.45, 2.75) is 32.0 Å². The maximum atomic E-state index is 12.5. The van der Waals surface area contributed by atoms with Crippen molar-refractivity contribution in [3.8, 4) is 0 Å². The van der Waals surface area contributed by atoms with Gasteiger partial charge in [-0.1, -0.05) is 12.1 Å². The highest BCUT2D eigenvalue weighted by Crippen LogP contribution is 2.29. The quantitative estimate of drug-likeness (QED) is 0.887. The first-order valence-electron chi connectivity index (χ1n) is 7.03. The molecule has 0 radical (unpaired) electrons. The molecule has 2 N–H and O–H groups in total. The van der Waals surface area contributed by atoms with Gasteiger partial charge < -0.3 is 10.6 Å². The van der Waals surface area contributed by atoms with Crippen molar-refractivity contribution in [3.05, 3.63) is 35.4 Å². The summed E-state index contributed by atoms with van der Waals surface area (Å²) in [6, 6.07) is 4.97. The van der Waals surface area contributed by atoms with Crippen LogP contribution in [0.4, 0.5) is 13.2 Å². The average molecular weight is 337 g/mol. The standard InChI is InChI=1S/C15H19F3N2O.ClH/c1-10(20-14(21)12-6-7-19-9-12)8-11-2-4-13(5-3-11)15(16,17)18;/h2-5,10,12,19H,6-9H2,1H3,(H,20,21);1H. The third-order valence-corrected chi connectivity index (χ3v) is 3.64. The molecule has 0 saturated carbocycles. The zero-order valence-electron chi connectivity index (χ0n) is 12.2. The number of hydrogen-bond acceptors (Lipinski definition) is 2. The summed E-state index contributed by atoms with van der Waals surface area (Å²) in [6.45, 7) is 3.40.